The summed E-state index contributed by atoms with van der Waals surface area (Å²) in [4.78, 5) is 37.5. The van der Waals surface area contributed by atoms with Crippen LogP contribution < -0.4 is 17.0 Å². The van der Waals surface area contributed by atoms with Crippen LogP contribution >= 0.6 is 11.6 Å². The van der Waals surface area contributed by atoms with Gasteiger partial charge in [0.15, 0.2) is 0 Å². The van der Waals surface area contributed by atoms with E-state index in [0.29, 0.717) is 0 Å². The Kier molecular flexibility index (Phi) is 5.88. The molecule has 0 amide bonds. The number of hydrogen-bond acceptors (Lipinski definition) is 6. The second kappa shape index (κ2) is 7.49. The first-order valence-corrected chi connectivity index (χ1v) is 8.77. The van der Waals surface area contributed by atoms with E-state index in [4.69, 9.17) is 22.4 Å². The molecule has 1 heterocycles. The SMILES string of the molecule is Nc1cc(S(=O)(=O)n2c(=O)[nH]c3cc(Cl)ccc3c2=O)ccc1C(=O)O.[NaH]. The van der Waals surface area contributed by atoms with Gasteiger partial charge in [0.2, 0.25) is 0 Å². The standard InChI is InChI=1S/C15H10ClN3O6S.Na.H/c16-7-1-3-10-12(5-7)18-15(23)19(13(10)20)26(24,25)8-2-4-9(14(21)22)11(17)6-8;;/h1-6H,17H2,(H,18,23)(H,21,22);;. The van der Waals surface area contributed by atoms with Crippen molar-refractivity contribution in [2.24, 2.45) is 0 Å². The summed E-state index contributed by atoms with van der Waals surface area (Å²) in [6.45, 7) is 0. The number of hydrogen-bond donors (Lipinski definition) is 3. The predicted octanol–water partition coefficient (Wildman–Crippen LogP) is 0.212. The number of aromatic amines is 1. The van der Waals surface area contributed by atoms with Crippen LogP contribution in [0.3, 0.4) is 0 Å². The Balaban J connectivity index is 0.00000261. The van der Waals surface area contributed by atoms with Crippen molar-refractivity contribution in [3.05, 3.63) is 67.8 Å². The van der Waals surface area contributed by atoms with Crippen molar-refractivity contribution in [1.82, 2.24) is 8.96 Å². The van der Waals surface area contributed by atoms with Crippen molar-refractivity contribution >= 4 is 73.7 Å². The van der Waals surface area contributed by atoms with Crippen LogP contribution in [-0.4, -0.2) is 58.0 Å². The molecule has 0 spiro atoms. The van der Waals surface area contributed by atoms with Crippen LogP contribution in [0.2, 0.25) is 5.02 Å². The predicted molar refractivity (Wildman–Crippen MR) is 101 cm³/mol. The van der Waals surface area contributed by atoms with Gasteiger partial charge in [0.05, 0.1) is 21.4 Å². The summed E-state index contributed by atoms with van der Waals surface area (Å²) in [6, 6.07) is 6.77. The number of carboxylic acid groups (broad SMARTS) is 1. The molecule has 3 aromatic rings. The zero-order valence-corrected chi connectivity index (χ0v) is 14.3. The average Bonchev–Trinajstić information content (AvgIpc) is 2.53. The van der Waals surface area contributed by atoms with Gasteiger partial charge in [-0.3, -0.25) is 4.79 Å². The molecule has 4 N–H and O–H groups in total. The first-order valence-electron chi connectivity index (χ1n) is 6.96. The number of nitrogens with zero attached hydrogens (tertiary/aromatic N) is 1. The van der Waals surface area contributed by atoms with Gasteiger partial charge in [-0.25, -0.2) is 18.0 Å². The Morgan fingerprint density at radius 1 is 1.15 bits per heavy atom. The fraction of sp³-hybridized carbons (Fsp3) is 0. The number of aromatic carboxylic acids is 1. The van der Waals surface area contributed by atoms with Crippen LogP contribution in [0.4, 0.5) is 5.69 Å². The summed E-state index contributed by atoms with van der Waals surface area (Å²) < 4.78 is 25.5. The molecule has 2 aromatic carbocycles. The molecule has 12 heteroatoms. The summed E-state index contributed by atoms with van der Waals surface area (Å²) >= 11 is 5.80. The molecule has 27 heavy (non-hydrogen) atoms. The first kappa shape index (κ1) is 21.2. The Bertz CT molecular complexity index is 1300. The summed E-state index contributed by atoms with van der Waals surface area (Å²) in [5.41, 5.74) is 2.74. The molecule has 0 saturated carbocycles. The quantitative estimate of drug-likeness (QED) is 0.405. The monoisotopic (exact) mass is 419 g/mol. The molecule has 0 bridgehead atoms. The molecule has 0 aliphatic carbocycles. The van der Waals surface area contributed by atoms with Gasteiger partial charge in [0.1, 0.15) is 0 Å². The number of carboxylic acids is 1. The summed E-state index contributed by atoms with van der Waals surface area (Å²) in [7, 11) is -4.61. The van der Waals surface area contributed by atoms with Crippen molar-refractivity contribution < 1.29 is 18.3 Å². The van der Waals surface area contributed by atoms with E-state index in [2.05, 4.69) is 4.98 Å². The van der Waals surface area contributed by atoms with E-state index in [1.54, 1.807) is 0 Å². The number of benzene rings is 2. The molecule has 1 aromatic heterocycles. The van der Waals surface area contributed by atoms with Crippen molar-refractivity contribution in [3.8, 4) is 0 Å². The topological polar surface area (TPSA) is 152 Å². The fourth-order valence-electron chi connectivity index (χ4n) is 2.39. The Morgan fingerprint density at radius 2 is 1.81 bits per heavy atom. The normalized spacial score (nSPS) is 11.1. The summed E-state index contributed by atoms with van der Waals surface area (Å²) in [6.07, 6.45) is 0. The van der Waals surface area contributed by atoms with Gasteiger partial charge in [-0.05, 0) is 36.4 Å². The third-order valence-electron chi connectivity index (χ3n) is 3.61. The van der Waals surface area contributed by atoms with Gasteiger partial charge < -0.3 is 15.8 Å². The number of halogens is 1. The third-order valence-corrected chi connectivity index (χ3v) is 5.51. The van der Waals surface area contributed by atoms with Crippen LogP contribution in [0.25, 0.3) is 10.9 Å². The van der Waals surface area contributed by atoms with E-state index in [-0.39, 0.29) is 60.7 Å². The van der Waals surface area contributed by atoms with E-state index in [1.165, 1.54) is 18.2 Å². The maximum absolute atomic E-state index is 12.7. The van der Waals surface area contributed by atoms with Gasteiger partial charge >= 0.3 is 41.2 Å². The number of carbonyl (C=O) groups is 1. The zero-order chi connectivity index (χ0) is 19.2. The minimum absolute atomic E-state index is 0. The van der Waals surface area contributed by atoms with Crippen LogP contribution in [-0.2, 0) is 10.0 Å². The number of nitrogen functional groups attached to an aromatic ring is 1. The van der Waals surface area contributed by atoms with E-state index >= 15 is 0 Å². The number of rotatable bonds is 3. The number of nitrogens with one attached hydrogen (secondary N) is 1. The van der Waals surface area contributed by atoms with E-state index in [9.17, 15) is 22.8 Å². The van der Waals surface area contributed by atoms with Gasteiger partial charge in [0, 0.05) is 10.7 Å². The van der Waals surface area contributed by atoms with Crippen LogP contribution in [0.15, 0.2) is 50.9 Å². The van der Waals surface area contributed by atoms with Crippen LogP contribution in [0.5, 0.6) is 0 Å². The maximum atomic E-state index is 12.7. The number of H-pyrrole nitrogens is 1. The molecule has 3 rings (SSSR count). The van der Waals surface area contributed by atoms with Crippen molar-refractivity contribution in [2.45, 2.75) is 4.90 Å². The fourth-order valence-corrected chi connectivity index (χ4v) is 3.87. The first-order chi connectivity index (χ1) is 12.1. The van der Waals surface area contributed by atoms with Gasteiger partial charge in [-0.2, -0.15) is 0 Å². The second-order valence-corrected chi connectivity index (χ2v) is 7.47. The van der Waals surface area contributed by atoms with Gasteiger partial charge in [-0.15, -0.1) is 3.97 Å². The molecule has 0 aliphatic rings. The summed E-state index contributed by atoms with van der Waals surface area (Å²) in [5.74, 6) is -1.34. The molecular weight excluding hydrogens is 409 g/mol. The zero-order valence-electron chi connectivity index (χ0n) is 12.8. The molecule has 0 unspecified atom stereocenters. The number of aromatic nitrogens is 2. The Hall–Kier alpha value is -2.11. The van der Waals surface area contributed by atoms with Crippen molar-refractivity contribution in [3.63, 3.8) is 0 Å². The van der Waals surface area contributed by atoms with E-state index in [1.807, 2.05) is 0 Å². The molecule has 0 saturated heterocycles. The molecule has 0 atom stereocenters. The van der Waals surface area contributed by atoms with E-state index in [0.717, 1.165) is 18.2 Å². The van der Waals surface area contributed by atoms with Crippen LogP contribution in [0.1, 0.15) is 10.4 Å². The van der Waals surface area contributed by atoms with Crippen LogP contribution in [0, 0.1) is 0 Å². The summed E-state index contributed by atoms with van der Waals surface area (Å²) in [5, 5.41) is 9.15. The van der Waals surface area contributed by atoms with Crippen molar-refractivity contribution in [1.29, 1.82) is 0 Å². The number of fused-ring (bicyclic) bond motifs is 1. The number of anilines is 1. The second-order valence-electron chi connectivity index (χ2n) is 5.25. The number of nitrogens with two attached hydrogens (primary N) is 1. The molecule has 0 radical (unpaired) electrons. The van der Waals surface area contributed by atoms with Gasteiger partial charge in [-0.1, -0.05) is 11.6 Å². The molecule has 0 fully saturated rings. The van der Waals surface area contributed by atoms with Gasteiger partial charge in [0.25, 0.3) is 15.6 Å². The average molecular weight is 420 g/mol. The Labute approximate surface area is 178 Å². The molecule has 9 nitrogen and oxygen atoms in total. The Morgan fingerprint density at radius 3 is 2.41 bits per heavy atom. The molecule has 0 aliphatic heterocycles. The minimum atomic E-state index is -4.61. The van der Waals surface area contributed by atoms with Crippen molar-refractivity contribution in [2.75, 3.05) is 5.73 Å². The molecule has 136 valence electrons. The molecular formula is C15H11ClN3NaO6S. The van der Waals surface area contributed by atoms with E-state index < -0.39 is 32.1 Å². The third kappa shape index (κ3) is 3.66.